The fourth-order valence-electron chi connectivity index (χ4n) is 3.83. The molecule has 0 aliphatic carbocycles. The Labute approximate surface area is 209 Å². The third kappa shape index (κ3) is 5.35. The maximum absolute atomic E-state index is 13.1. The standard InChI is InChI=1S/C26H25NO7S2/c1-17(2)25(26(28)29)27-36(32,33)21-13-11-18(12-14-21)22-9-5-3-8-20(22)16-35(30,31)24-15-19-7-4-6-10-23(19)34-24/h3-15,17,25,27H,16H2,1-2H3,(H,28,29). The summed E-state index contributed by atoms with van der Waals surface area (Å²) >= 11 is 0. The summed E-state index contributed by atoms with van der Waals surface area (Å²) in [5.41, 5.74) is 2.25. The highest BCUT2D eigenvalue weighted by atomic mass is 32.2. The zero-order valence-corrected chi connectivity index (χ0v) is 21.2. The smallest absolute Gasteiger partial charge is 0.322 e. The molecule has 188 valence electrons. The second-order valence-corrected chi connectivity index (χ2v) is 12.4. The van der Waals surface area contributed by atoms with Gasteiger partial charge < -0.3 is 9.52 Å². The third-order valence-corrected chi connectivity index (χ3v) is 8.73. The van der Waals surface area contributed by atoms with E-state index in [1.165, 1.54) is 18.2 Å². The van der Waals surface area contributed by atoms with Gasteiger partial charge in [0.05, 0.1) is 10.6 Å². The lowest BCUT2D eigenvalue weighted by Crippen LogP contribution is -2.44. The van der Waals surface area contributed by atoms with E-state index in [0.717, 1.165) is 0 Å². The maximum Gasteiger partial charge on any atom is 0.322 e. The Morgan fingerprint density at radius 3 is 2.19 bits per heavy atom. The molecule has 0 saturated carbocycles. The zero-order chi connectivity index (χ0) is 26.1. The summed E-state index contributed by atoms with van der Waals surface area (Å²) in [6.07, 6.45) is 0. The number of aliphatic carboxylic acids is 1. The number of benzene rings is 3. The van der Waals surface area contributed by atoms with Crippen LogP contribution in [0.2, 0.25) is 0 Å². The zero-order valence-electron chi connectivity index (χ0n) is 19.6. The molecule has 4 aromatic rings. The average molecular weight is 528 g/mol. The molecule has 1 aromatic heterocycles. The van der Waals surface area contributed by atoms with Crippen LogP contribution in [0, 0.1) is 5.92 Å². The van der Waals surface area contributed by atoms with Gasteiger partial charge in [-0.05, 0) is 40.8 Å². The Bertz CT molecular complexity index is 1590. The summed E-state index contributed by atoms with van der Waals surface area (Å²) in [4.78, 5) is 11.3. The van der Waals surface area contributed by atoms with Gasteiger partial charge in [-0.3, -0.25) is 4.79 Å². The quantitative estimate of drug-likeness (QED) is 0.329. The molecule has 4 rings (SSSR count). The summed E-state index contributed by atoms with van der Waals surface area (Å²) in [6, 6.07) is 20.1. The van der Waals surface area contributed by atoms with E-state index in [0.29, 0.717) is 27.7 Å². The van der Waals surface area contributed by atoms with Crippen molar-refractivity contribution in [2.24, 2.45) is 5.92 Å². The Morgan fingerprint density at radius 1 is 0.917 bits per heavy atom. The number of furan rings is 1. The Hall–Kier alpha value is -3.47. The minimum Gasteiger partial charge on any atom is -0.480 e. The predicted molar refractivity (Wildman–Crippen MR) is 136 cm³/mol. The van der Waals surface area contributed by atoms with Crippen molar-refractivity contribution in [2.75, 3.05) is 0 Å². The van der Waals surface area contributed by atoms with E-state index in [1.807, 2.05) is 0 Å². The number of sulfonamides is 1. The molecule has 0 fully saturated rings. The summed E-state index contributed by atoms with van der Waals surface area (Å²) in [7, 11) is -7.87. The summed E-state index contributed by atoms with van der Waals surface area (Å²) in [6.45, 7) is 3.22. The average Bonchev–Trinajstić information content (AvgIpc) is 3.28. The van der Waals surface area contributed by atoms with E-state index in [-0.39, 0.29) is 15.7 Å². The van der Waals surface area contributed by atoms with Crippen molar-refractivity contribution in [3.05, 3.63) is 84.4 Å². The van der Waals surface area contributed by atoms with Crippen LogP contribution < -0.4 is 4.72 Å². The normalized spacial score (nSPS) is 13.2. The van der Waals surface area contributed by atoms with E-state index >= 15 is 0 Å². The van der Waals surface area contributed by atoms with Crippen LogP contribution in [-0.4, -0.2) is 34.0 Å². The molecular formula is C26H25NO7S2. The molecule has 1 unspecified atom stereocenters. The number of hydrogen-bond acceptors (Lipinski definition) is 6. The summed E-state index contributed by atoms with van der Waals surface area (Å²) in [5, 5.41) is 9.88. The van der Waals surface area contributed by atoms with Gasteiger partial charge >= 0.3 is 5.97 Å². The van der Waals surface area contributed by atoms with Gasteiger partial charge in [-0.15, -0.1) is 0 Å². The van der Waals surface area contributed by atoms with Crippen LogP contribution in [0.25, 0.3) is 22.1 Å². The van der Waals surface area contributed by atoms with Crippen LogP contribution in [-0.2, 0) is 30.4 Å². The molecule has 0 aliphatic heterocycles. The molecule has 0 saturated heterocycles. The molecule has 8 nitrogen and oxygen atoms in total. The van der Waals surface area contributed by atoms with Gasteiger partial charge in [0.15, 0.2) is 0 Å². The van der Waals surface area contributed by atoms with Crippen LogP contribution in [0.4, 0.5) is 0 Å². The molecule has 10 heteroatoms. The van der Waals surface area contributed by atoms with E-state index in [1.54, 1.807) is 74.5 Å². The van der Waals surface area contributed by atoms with Crippen LogP contribution in [0.1, 0.15) is 19.4 Å². The fraction of sp³-hybridized carbons (Fsp3) is 0.192. The number of carboxylic acids is 1. The number of hydrogen-bond donors (Lipinski definition) is 2. The summed E-state index contributed by atoms with van der Waals surface area (Å²) in [5.74, 6) is -2.01. The number of carbonyl (C=O) groups is 1. The van der Waals surface area contributed by atoms with Crippen molar-refractivity contribution in [3.8, 4) is 11.1 Å². The highest BCUT2D eigenvalue weighted by Gasteiger charge is 2.28. The van der Waals surface area contributed by atoms with E-state index < -0.39 is 37.8 Å². The molecule has 0 bridgehead atoms. The Balaban J connectivity index is 1.62. The molecular weight excluding hydrogens is 502 g/mol. The monoisotopic (exact) mass is 527 g/mol. The van der Waals surface area contributed by atoms with Crippen molar-refractivity contribution in [1.82, 2.24) is 4.72 Å². The first-order chi connectivity index (χ1) is 17.0. The van der Waals surface area contributed by atoms with Crippen molar-refractivity contribution >= 4 is 36.8 Å². The second kappa shape index (κ2) is 9.88. The third-order valence-electron chi connectivity index (χ3n) is 5.76. The lowest BCUT2D eigenvalue weighted by atomic mass is 10.0. The van der Waals surface area contributed by atoms with Gasteiger partial charge in [-0.2, -0.15) is 4.72 Å². The molecule has 0 radical (unpaired) electrons. The van der Waals surface area contributed by atoms with E-state index in [9.17, 15) is 26.7 Å². The van der Waals surface area contributed by atoms with Gasteiger partial charge in [0, 0.05) is 11.5 Å². The molecule has 1 atom stereocenters. The van der Waals surface area contributed by atoms with Gasteiger partial charge in [0.1, 0.15) is 11.6 Å². The largest absolute Gasteiger partial charge is 0.480 e. The fourth-order valence-corrected chi connectivity index (χ4v) is 6.50. The molecule has 2 N–H and O–H groups in total. The molecule has 0 amide bonds. The number of carboxylic acid groups (broad SMARTS) is 1. The molecule has 1 heterocycles. The lowest BCUT2D eigenvalue weighted by Gasteiger charge is -2.18. The number of para-hydroxylation sites is 1. The first kappa shape index (κ1) is 25.6. The minimum atomic E-state index is -4.08. The van der Waals surface area contributed by atoms with Gasteiger partial charge in [0.25, 0.3) is 0 Å². The number of fused-ring (bicyclic) bond motifs is 1. The Morgan fingerprint density at radius 2 is 1.56 bits per heavy atom. The second-order valence-electron chi connectivity index (χ2n) is 8.73. The first-order valence-electron chi connectivity index (χ1n) is 11.1. The topological polar surface area (TPSA) is 131 Å². The van der Waals surface area contributed by atoms with Gasteiger partial charge in [0.2, 0.25) is 25.0 Å². The SMILES string of the molecule is CC(C)C(NS(=O)(=O)c1ccc(-c2ccccc2CS(=O)(=O)c2cc3ccccc3o2)cc1)C(=O)O. The van der Waals surface area contributed by atoms with Crippen LogP contribution in [0.5, 0.6) is 0 Å². The maximum atomic E-state index is 13.1. The minimum absolute atomic E-state index is 0.0921. The highest BCUT2D eigenvalue weighted by Crippen LogP contribution is 2.30. The molecule has 0 aliphatic rings. The molecule has 3 aromatic carbocycles. The van der Waals surface area contributed by atoms with Crippen molar-refractivity contribution < 1.29 is 31.2 Å². The van der Waals surface area contributed by atoms with E-state index in [2.05, 4.69) is 4.72 Å². The van der Waals surface area contributed by atoms with Gasteiger partial charge in [-0.25, -0.2) is 16.8 Å². The van der Waals surface area contributed by atoms with Crippen LogP contribution >= 0.6 is 0 Å². The highest BCUT2D eigenvalue weighted by molar-refractivity contribution is 7.90. The van der Waals surface area contributed by atoms with Crippen molar-refractivity contribution in [2.45, 2.75) is 35.6 Å². The molecule has 36 heavy (non-hydrogen) atoms. The number of rotatable bonds is 9. The number of nitrogens with one attached hydrogen (secondary N) is 1. The first-order valence-corrected chi connectivity index (χ1v) is 14.3. The van der Waals surface area contributed by atoms with E-state index in [4.69, 9.17) is 4.42 Å². The predicted octanol–water partition coefficient (Wildman–Crippen LogP) is 4.46. The van der Waals surface area contributed by atoms with Crippen molar-refractivity contribution in [1.29, 1.82) is 0 Å². The van der Waals surface area contributed by atoms with Crippen molar-refractivity contribution in [3.63, 3.8) is 0 Å². The van der Waals surface area contributed by atoms with Crippen LogP contribution in [0.3, 0.4) is 0 Å². The molecule has 0 spiro atoms. The Kier molecular flexibility index (Phi) is 7.03. The lowest BCUT2D eigenvalue weighted by molar-refractivity contribution is -0.140. The summed E-state index contributed by atoms with van der Waals surface area (Å²) < 4.78 is 59.5. The number of sulfone groups is 1. The van der Waals surface area contributed by atoms with Gasteiger partial charge in [-0.1, -0.05) is 68.4 Å². The van der Waals surface area contributed by atoms with Crippen LogP contribution in [0.15, 0.2) is 93.3 Å².